The lowest BCUT2D eigenvalue weighted by atomic mass is 10.2. The van der Waals surface area contributed by atoms with Crippen LogP contribution in [0.5, 0.6) is 5.75 Å². The Labute approximate surface area is 92.9 Å². The highest BCUT2D eigenvalue weighted by atomic mass is 32.2. The van der Waals surface area contributed by atoms with Crippen molar-refractivity contribution in [3.63, 3.8) is 0 Å². The van der Waals surface area contributed by atoms with Crippen LogP contribution in [0.3, 0.4) is 0 Å². The van der Waals surface area contributed by atoms with Crippen LogP contribution in [-0.2, 0) is 14.6 Å². The van der Waals surface area contributed by atoms with Crippen LogP contribution in [-0.4, -0.2) is 26.9 Å². The highest BCUT2D eigenvalue weighted by Crippen LogP contribution is 2.35. The van der Waals surface area contributed by atoms with Crippen LogP contribution < -0.4 is 4.74 Å². The Hall–Kier alpha value is -1.56. The van der Waals surface area contributed by atoms with E-state index in [1.807, 2.05) is 0 Å². The molecular formula is C10H10O5S. The van der Waals surface area contributed by atoms with Crippen LogP contribution in [0.4, 0.5) is 0 Å². The second kappa shape index (κ2) is 3.48. The van der Waals surface area contributed by atoms with E-state index in [1.165, 1.54) is 32.2 Å². The van der Waals surface area contributed by atoms with Crippen molar-refractivity contribution in [2.75, 3.05) is 7.11 Å². The fraction of sp³-hybridized carbons (Fsp3) is 0.300. The predicted octanol–water partition coefficient (Wildman–Crippen LogP) is 0.985. The molecule has 0 spiro atoms. The molecule has 0 radical (unpaired) electrons. The van der Waals surface area contributed by atoms with Crippen molar-refractivity contribution in [2.24, 2.45) is 0 Å². The highest BCUT2D eigenvalue weighted by Gasteiger charge is 2.36. The summed E-state index contributed by atoms with van der Waals surface area (Å²) in [5.74, 6) is -0.294. The predicted molar refractivity (Wildman–Crippen MR) is 55.1 cm³/mol. The third-order valence-corrected chi connectivity index (χ3v) is 4.30. The van der Waals surface area contributed by atoms with Gasteiger partial charge in [0, 0.05) is 0 Å². The quantitative estimate of drug-likeness (QED) is 0.687. The number of sulfone groups is 1. The molecule has 0 saturated heterocycles. The van der Waals surface area contributed by atoms with Crippen LogP contribution >= 0.6 is 0 Å². The van der Waals surface area contributed by atoms with Gasteiger partial charge in [-0.15, -0.1) is 0 Å². The largest absolute Gasteiger partial charge is 0.473 e. The second-order valence-electron chi connectivity index (χ2n) is 3.38. The summed E-state index contributed by atoms with van der Waals surface area (Å²) in [4.78, 5) is 11.3. The van der Waals surface area contributed by atoms with Gasteiger partial charge in [-0.05, 0) is 25.1 Å². The molecular weight excluding hydrogens is 232 g/mol. The molecule has 0 aromatic heterocycles. The molecule has 1 heterocycles. The van der Waals surface area contributed by atoms with E-state index in [4.69, 9.17) is 4.74 Å². The molecule has 6 heteroatoms. The summed E-state index contributed by atoms with van der Waals surface area (Å²) in [5.41, 5.74) is -0.710. The lowest BCUT2D eigenvalue weighted by Crippen LogP contribution is -2.16. The van der Waals surface area contributed by atoms with E-state index in [0.717, 1.165) is 0 Å². The van der Waals surface area contributed by atoms with Crippen LogP contribution in [0.15, 0.2) is 23.1 Å². The van der Waals surface area contributed by atoms with Crippen molar-refractivity contribution in [1.82, 2.24) is 0 Å². The molecule has 1 aliphatic heterocycles. The third-order valence-electron chi connectivity index (χ3n) is 2.40. The summed E-state index contributed by atoms with van der Waals surface area (Å²) >= 11 is 0. The first-order chi connectivity index (χ1) is 7.46. The zero-order chi connectivity index (χ0) is 11.9. The molecule has 1 aromatic carbocycles. The minimum atomic E-state index is -3.48. The van der Waals surface area contributed by atoms with Crippen molar-refractivity contribution < 1.29 is 22.7 Å². The summed E-state index contributed by atoms with van der Waals surface area (Å²) in [6, 6.07) is 4.21. The van der Waals surface area contributed by atoms with E-state index < -0.39 is 21.2 Å². The Morgan fingerprint density at radius 1 is 1.44 bits per heavy atom. The number of methoxy groups -OCH3 is 1. The maximum atomic E-state index is 11.8. The molecule has 1 aliphatic rings. The summed E-state index contributed by atoms with van der Waals surface area (Å²) in [7, 11) is -2.24. The van der Waals surface area contributed by atoms with Gasteiger partial charge in [-0.3, -0.25) is 0 Å². The molecule has 2 rings (SSSR count). The zero-order valence-electron chi connectivity index (χ0n) is 8.76. The van der Waals surface area contributed by atoms with Crippen molar-refractivity contribution in [1.29, 1.82) is 0 Å². The zero-order valence-corrected chi connectivity index (χ0v) is 9.58. The first kappa shape index (κ1) is 10.9. The lowest BCUT2D eigenvalue weighted by Gasteiger charge is -2.00. The fourth-order valence-corrected chi connectivity index (χ4v) is 2.77. The van der Waals surface area contributed by atoms with Gasteiger partial charge in [0.2, 0.25) is 15.3 Å². The number of carbonyl (C=O) groups is 1. The number of fused-ring (bicyclic) bond motifs is 1. The Morgan fingerprint density at radius 3 is 2.75 bits per heavy atom. The average molecular weight is 242 g/mol. The smallest absolute Gasteiger partial charge is 0.337 e. The standard InChI is InChI=1S/C10H10O5S/c1-6-15-8-4-3-7(10(11)14-2)5-9(8)16(6,12)13/h3-6H,1-2H3. The molecule has 0 aliphatic carbocycles. The van der Waals surface area contributed by atoms with Crippen LogP contribution in [0.2, 0.25) is 0 Å². The normalized spacial score (nSPS) is 21.0. The van der Waals surface area contributed by atoms with Crippen LogP contribution in [0.1, 0.15) is 17.3 Å². The fourth-order valence-electron chi connectivity index (χ4n) is 1.49. The molecule has 0 N–H and O–H groups in total. The van der Waals surface area contributed by atoms with E-state index >= 15 is 0 Å². The van der Waals surface area contributed by atoms with Gasteiger partial charge in [0.15, 0.2) is 0 Å². The lowest BCUT2D eigenvalue weighted by molar-refractivity contribution is 0.0600. The third kappa shape index (κ3) is 1.46. The molecule has 0 bridgehead atoms. The number of rotatable bonds is 1. The van der Waals surface area contributed by atoms with E-state index in [9.17, 15) is 13.2 Å². The molecule has 1 aromatic rings. The topological polar surface area (TPSA) is 69.7 Å². The van der Waals surface area contributed by atoms with Gasteiger partial charge in [0.25, 0.3) is 0 Å². The summed E-state index contributed by atoms with van der Waals surface area (Å²) in [6.45, 7) is 1.45. The van der Waals surface area contributed by atoms with Gasteiger partial charge < -0.3 is 9.47 Å². The summed E-state index contributed by atoms with van der Waals surface area (Å²) in [6.07, 6.45) is 0. The Balaban J connectivity index is 2.57. The molecule has 0 saturated carbocycles. The van der Waals surface area contributed by atoms with E-state index in [2.05, 4.69) is 4.74 Å². The minimum Gasteiger partial charge on any atom is -0.473 e. The number of benzene rings is 1. The van der Waals surface area contributed by atoms with Crippen molar-refractivity contribution in [3.05, 3.63) is 23.8 Å². The molecule has 1 atom stereocenters. The van der Waals surface area contributed by atoms with Crippen molar-refractivity contribution in [3.8, 4) is 5.75 Å². The SMILES string of the molecule is COC(=O)c1ccc2c(c1)S(=O)(=O)C(C)O2. The Bertz CT molecular complexity index is 546. The molecule has 0 amide bonds. The summed E-state index contributed by atoms with van der Waals surface area (Å²) < 4.78 is 33.2. The molecule has 16 heavy (non-hydrogen) atoms. The van der Waals surface area contributed by atoms with Gasteiger partial charge in [0.05, 0.1) is 12.7 Å². The monoisotopic (exact) mass is 242 g/mol. The average Bonchev–Trinajstić information content (AvgIpc) is 2.49. The first-order valence-electron chi connectivity index (χ1n) is 4.59. The number of esters is 1. The maximum Gasteiger partial charge on any atom is 0.337 e. The first-order valence-corrected chi connectivity index (χ1v) is 6.14. The van der Waals surface area contributed by atoms with Gasteiger partial charge >= 0.3 is 5.97 Å². The van der Waals surface area contributed by atoms with Gasteiger partial charge in [-0.25, -0.2) is 13.2 Å². The molecule has 86 valence electrons. The highest BCUT2D eigenvalue weighted by molar-refractivity contribution is 7.92. The number of hydrogen-bond acceptors (Lipinski definition) is 5. The second-order valence-corrected chi connectivity index (χ2v) is 5.58. The molecule has 1 unspecified atom stereocenters. The Kier molecular flexibility index (Phi) is 2.38. The number of hydrogen-bond donors (Lipinski definition) is 0. The van der Waals surface area contributed by atoms with Crippen molar-refractivity contribution in [2.45, 2.75) is 17.3 Å². The number of carbonyl (C=O) groups excluding carboxylic acids is 1. The van der Waals surface area contributed by atoms with Gasteiger partial charge in [0.1, 0.15) is 10.6 Å². The molecule has 0 fully saturated rings. The van der Waals surface area contributed by atoms with Gasteiger partial charge in [-0.1, -0.05) is 0 Å². The van der Waals surface area contributed by atoms with Crippen LogP contribution in [0.25, 0.3) is 0 Å². The minimum absolute atomic E-state index is 0.0444. The van der Waals surface area contributed by atoms with E-state index in [-0.39, 0.29) is 16.2 Å². The summed E-state index contributed by atoms with van der Waals surface area (Å²) in [5, 5.41) is 0. The maximum absolute atomic E-state index is 11.8. The Morgan fingerprint density at radius 2 is 2.12 bits per heavy atom. The van der Waals surface area contributed by atoms with Gasteiger partial charge in [-0.2, -0.15) is 0 Å². The number of ether oxygens (including phenoxy) is 2. The van der Waals surface area contributed by atoms with E-state index in [1.54, 1.807) is 0 Å². The van der Waals surface area contributed by atoms with E-state index in [0.29, 0.717) is 0 Å². The molecule has 5 nitrogen and oxygen atoms in total. The van der Waals surface area contributed by atoms with Crippen LogP contribution in [0, 0.1) is 0 Å². The van der Waals surface area contributed by atoms with Crippen molar-refractivity contribution >= 4 is 15.8 Å².